The summed E-state index contributed by atoms with van der Waals surface area (Å²) in [6.07, 6.45) is 11.9. The van der Waals surface area contributed by atoms with E-state index in [9.17, 15) is 0 Å². The highest BCUT2D eigenvalue weighted by atomic mass is 15.1. The van der Waals surface area contributed by atoms with Gasteiger partial charge in [0.2, 0.25) is 0 Å². The lowest BCUT2D eigenvalue weighted by atomic mass is 9.51. The third-order valence-corrected chi connectivity index (χ3v) is 6.83. The smallest absolute Gasteiger partial charge is 0.00631 e. The molecule has 0 atom stereocenters. The van der Waals surface area contributed by atoms with Gasteiger partial charge in [-0.3, -0.25) is 0 Å². The zero-order chi connectivity index (χ0) is 12.8. The lowest BCUT2D eigenvalue weighted by Gasteiger charge is -2.55. The van der Waals surface area contributed by atoms with Crippen molar-refractivity contribution in [1.29, 1.82) is 0 Å². The summed E-state index contributed by atoms with van der Waals surface area (Å²) in [5.74, 6) is 5.58. The van der Waals surface area contributed by atoms with Crippen LogP contribution in [0.3, 0.4) is 0 Å². The van der Waals surface area contributed by atoms with E-state index in [1.54, 1.807) is 32.1 Å². The van der Waals surface area contributed by atoms with E-state index in [1.807, 2.05) is 0 Å². The Hall–Kier alpha value is -0.0800. The molecule has 0 spiro atoms. The van der Waals surface area contributed by atoms with Crippen LogP contribution in [0.2, 0.25) is 0 Å². The average Bonchev–Trinajstić information content (AvgIpc) is 2.39. The van der Waals surface area contributed by atoms with Gasteiger partial charge in [-0.2, -0.15) is 0 Å². The lowest BCUT2D eigenvalue weighted by molar-refractivity contribution is -0.0431. The van der Waals surface area contributed by atoms with Gasteiger partial charge in [-0.15, -0.1) is 0 Å². The van der Waals surface area contributed by atoms with E-state index in [2.05, 4.69) is 4.90 Å². The number of hydrogen-bond donors (Lipinski definition) is 1. The molecule has 2 heteroatoms. The van der Waals surface area contributed by atoms with Crippen LogP contribution in [0.15, 0.2) is 0 Å². The minimum Gasteiger partial charge on any atom is -0.328 e. The quantitative estimate of drug-likeness (QED) is 0.847. The van der Waals surface area contributed by atoms with E-state index >= 15 is 0 Å². The molecule has 0 amide bonds. The minimum absolute atomic E-state index is 0.484. The van der Waals surface area contributed by atoms with E-state index in [4.69, 9.17) is 5.73 Å². The maximum Gasteiger partial charge on any atom is 0.00631 e. The molecule has 0 aromatic carbocycles. The zero-order valence-electron chi connectivity index (χ0n) is 12.3. The summed E-state index contributed by atoms with van der Waals surface area (Å²) in [5.41, 5.74) is 6.00. The number of likely N-dealkylation sites (tertiary alicyclic amines) is 1. The lowest BCUT2D eigenvalue weighted by Crippen LogP contribution is -2.47. The van der Waals surface area contributed by atoms with Crippen molar-refractivity contribution in [1.82, 2.24) is 4.90 Å². The predicted molar refractivity (Wildman–Crippen MR) is 78.8 cm³/mol. The highest BCUT2D eigenvalue weighted by Gasteiger charge is 2.47. The van der Waals surface area contributed by atoms with Crippen LogP contribution in [0.1, 0.15) is 51.4 Å². The van der Waals surface area contributed by atoms with Crippen molar-refractivity contribution in [3.8, 4) is 0 Å². The standard InChI is InChI=1S/C17H30N2/c18-16-1-4-19(5-2-16)6-3-17-14-8-12-7-13(10-14)11-15(17)9-12/h12-17H,1-11,18H2. The van der Waals surface area contributed by atoms with Gasteiger partial charge in [0.15, 0.2) is 0 Å². The molecule has 2 nitrogen and oxygen atoms in total. The number of nitrogens with two attached hydrogens (primary N) is 1. The Labute approximate surface area is 118 Å². The van der Waals surface area contributed by atoms with E-state index in [1.165, 1.54) is 38.9 Å². The van der Waals surface area contributed by atoms with Crippen molar-refractivity contribution in [2.24, 2.45) is 35.3 Å². The third kappa shape index (κ3) is 2.47. The molecule has 5 fully saturated rings. The second-order valence-corrected chi connectivity index (χ2v) is 8.06. The first-order valence-electron chi connectivity index (χ1n) is 8.76. The van der Waals surface area contributed by atoms with E-state index in [0.29, 0.717) is 6.04 Å². The monoisotopic (exact) mass is 262 g/mol. The maximum absolute atomic E-state index is 6.00. The fraction of sp³-hybridized carbons (Fsp3) is 1.00. The topological polar surface area (TPSA) is 29.3 Å². The van der Waals surface area contributed by atoms with E-state index in [-0.39, 0.29) is 0 Å². The molecule has 1 heterocycles. The number of hydrogen-bond acceptors (Lipinski definition) is 2. The first kappa shape index (κ1) is 12.6. The van der Waals surface area contributed by atoms with Gasteiger partial charge < -0.3 is 10.6 Å². The summed E-state index contributed by atoms with van der Waals surface area (Å²) in [7, 11) is 0. The van der Waals surface area contributed by atoms with Gasteiger partial charge in [0.1, 0.15) is 0 Å². The molecule has 5 aliphatic rings. The Morgan fingerprint density at radius 3 is 2.00 bits per heavy atom. The molecule has 1 aliphatic heterocycles. The van der Waals surface area contributed by atoms with Gasteiger partial charge >= 0.3 is 0 Å². The van der Waals surface area contributed by atoms with Crippen molar-refractivity contribution in [3.63, 3.8) is 0 Å². The second kappa shape index (κ2) is 5.04. The van der Waals surface area contributed by atoms with Crippen LogP contribution < -0.4 is 5.73 Å². The molecule has 0 radical (unpaired) electrons. The Kier molecular flexibility index (Phi) is 3.35. The second-order valence-electron chi connectivity index (χ2n) is 8.06. The molecule has 0 aromatic rings. The Balaban J connectivity index is 1.31. The summed E-state index contributed by atoms with van der Waals surface area (Å²) in [6, 6.07) is 0.484. The Bertz CT molecular complexity index is 291. The normalized spacial score (nSPS) is 46.9. The van der Waals surface area contributed by atoms with Gasteiger partial charge in [-0.05, 0) is 101 Å². The minimum atomic E-state index is 0.484. The molecule has 1 saturated heterocycles. The van der Waals surface area contributed by atoms with Crippen molar-refractivity contribution in [2.45, 2.75) is 57.4 Å². The molecule has 4 saturated carbocycles. The first-order valence-corrected chi connectivity index (χ1v) is 8.76. The number of piperidine rings is 1. The largest absolute Gasteiger partial charge is 0.328 e. The van der Waals surface area contributed by atoms with Crippen molar-refractivity contribution < 1.29 is 0 Å². The van der Waals surface area contributed by atoms with E-state index < -0.39 is 0 Å². The highest BCUT2D eigenvalue weighted by molar-refractivity contribution is 4.98. The van der Waals surface area contributed by atoms with Crippen LogP contribution in [-0.2, 0) is 0 Å². The van der Waals surface area contributed by atoms with Crippen LogP contribution in [0, 0.1) is 29.6 Å². The molecule has 108 valence electrons. The van der Waals surface area contributed by atoms with Crippen LogP contribution in [0.5, 0.6) is 0 Å². The van der Waals surface area contributed by atoms with Crippen LogP contribution in [0.4, 0.5) is 0 Å². The van der Waals surface area contributed by atoms with Crippen LogP contribution >= 0.6 is 0 Å². The van der Waals surface area contributed by atoms with Gasteiger partial charge in [0.25, 0.3) is 0 Å². The van der Waals surface area contributed by atoms with E-state index in [0.717, 1.165) is 29.6 Å². The van der Waals surface area contributed by atoms with Gasteiger partial charge in [-0.1, -0.05) is 0 Å². The molecule has 0 unspecified atom stereocenters. The van der Waals surface area contributed by atoms with Crippen molar-refractivity contribution in [2.75, 3.05) is 19.6 Å². The molecular formula is C17H30N2. The number of nitrogens with zero attached hydrogens (tertiary/aromatic N) is 1. The third-order valence-electron chi connectivity index (χ3n) is 6.83. The molecule has 0 aromatic heterocycles. The molecule has 4 aliphatic carbocycles. The molecule has 5 rings (SSSR count). The summed E-state index contributed by atoms with van der Waals surface area (Å²) in [5, 5.41) is 0. The number of rotatable bonds is 3. The SMILES string of the molecule is NC1CCN(CCC2C3CC4CC(C3)CC2C4)CC1. The fourth-order valence-electron chi connectivity index (χ4n) is 6.02. The predicted octanol–water partition coefficient (Wildman–Crippen LogP) is 2.87. The molecule has 19 heavy (non-hydrogen) atoms. The van der Waals surface area contributed by atoms with Crippen LogP contribution in [-0.4, -0.2) is 30.6 Å². The van der Waals surface area contributed by atoms with Gasteiger partial charge in [0.05, 0.1) is 0 Å². The molecular weight excluding hydrogens is 232 g/mol. The van der Waals surface area contributed by atoms with Gasteiger partial charge in [-0.25, -0.2) is 0 Å². The zero-order valence-corrected chi connectivity index (χ0v) is 12.3. The summed E-state index contributed by atoms with van der Waals surface area (Å²) >= 11 is 0. The average molecular weight is 262 g/mol. The first-order chi connectivity index (χ1) is 9.28. The Morgan fingerprint density at radius 2 is 1.42 bits per heavy atom. The van der Waals surface area contributed by atoms with Crippen molar-refractivity contribution >= 4 is 0 Å². The van der Waals surface area contributed by atoms with Crippen molar-refractivity contribution in [3.05, 3.63) is 0 Å². The summed E-state index contributed by atoms with van der Waals surface area (Å²) < 4.78 is 0. The molecule has 4 bridgehead atoms. The summed E-state index contributed by atoms with van der Waals surface area (Å²) in [4.78, 5) is 2.69. The Morgan fingerprint density at radius 1 is 0.842 bits per heavy atom. The van der Waals surface area contributed by atoms with Crippen LogP contribution in [0.25, 0.3) is 0 Å². The molecule has 2 N–H and O–H groups in total. The highest BCUT2D eigenvalue weighted by Crippen LogP contribution is 2.57. The summed E-state index contributed by atoms with van der Waals surface area (Å²) in [6.45, 7) is 3.88. The van der Waals surface area contributed by atoms with Gasteiger partial charge in [0, 0.05) is 6.04 Å². The maximum atomic E-state index is 6.00. The fourth-order valence-corrected chi connectivity index (χ4v) is 6.02.